The molecule has 0 aliphatic heterocycles. The molecule has 0 saturated heterocycles. The second kappa shape index (κ2) is 8.29. The van der Waals surface area contributed by atoms with Crippen LogP contribution in [0.4, 0.5) is 0 Å². The zero-order valence-corrected chi connectivity index (χ0v) is 19.8. The number of fused-ring (bicyclic) bond motifs is 5. The molecular formula is C26H44O5. The average Bonchev–Trinajstić information content (AvgIpc) is 2.98. The van der Waals surface area contributed by atoms with E-state index in [0.29, 0.717) is 18.3 Å². The number of carboxylic acids is 1. The second-order valence-corrected chi connectivity index (χ2v) is 12.2. The molecule has 0 aromatic rings. The van der Waals surface area contributed by atoms with Gasteiger partial charge in [-0.05, 0) is 97.2 Å². The maximum absolute atomic E-state index is 11.7. The van der Waals surface area contributed by atoms with Crippen LogP contribution in [0.5, 0.6) is 0 Å². The zero-order valence-electron chi connectivity index (χ0n) is 19.8. The predicted octanol–water partition coefficient (Wildman–Crippen LogP) is 4.08. The minimum Gasteiger partial charge on any atom is -0.481 e. The van der Waals surface area contributed by atoms with E-state index >= 15 is 0 Å². The Morgan fingerprint density at radius 3 is 2.32 bits per heavy atom. The van der Waals surface area contributed by atoms with E-state index in [9.17, 15) is 20.1 Å². The molecule has 0 amide bonds. The highest BCUT2D eigenvalue weighted by Crippen LogP contribution is 2.69. The van der Waals surface area contributed by atoms with Crippen molar-refractivity contribution >= 4 is 5.97 Å². The third-order valence-electron chi connectivity index (χ3n) is 10.9. The first-order chi connectivity index (χ1) is 14.5. The van der Waals surface area contributed by atoms with E-state index in [0.717, 1.165) is 44.9 Å². The van der Waals surface area contributed by atoms with Crippen molar-refractivity contribution in [3.8, 4) is 0 Å². The van der Waals surface area contributed by atoms with Crippen molar-refractivity contribution in [2.75, 3.05) is 0 Å². The van der Waals surface area contributed by atoms with E-state index < -0.39 is 12.1 Å². The lowest BCUT2D eigenvalue weighted by atomic mass is 9.41. The van der Waals surface area contributed by atoms with Gasteiger partial charge in [0.1, 0.15) is 0 Å². The van der Waals surface area contributed by atoms with E-state index in [-0.39, 0.29) is 59.0 Å². The molecule has 0 aromatic carbocycles. The standard InChI is InChI=1S/C26H44O5/c1-5-16-18-12-15(27)8-10-25(18,3)17-9-11-26(4)19(22(17)24(16)31)13-20(28)23(26)14(2)6-7-21(29)30/h14-20,22-24,27-28,31H,5-13H2,1-4H3,(H,29,30)/t14-,15-,16-,17?,18+,19?,20+,22?,23+,24?,25-,26+/m1/s1. The molecule has 4 aliphatic carbocycles. The van der Waals surface area contributed by atoms with Crippen molar-refractivity contribution in [3.05, 3.63) is 0 Å². The molecule has 5 heteroatoms. The average molecular weight is 437 g/mol. The minimum atomic E-state index is -0.767. The molecule has 0 heterocycles. The van der Waals surface area contributed by atoms with Gasteiger partial charge in [-0.15, -0.1) is 0 Å². The largest absolute Gasteiger partial charge is 0.481 e. The van der Waals surface area contributed by atoms with Gasteiger partial charge in [-0.1, -0.05) is 34.1 Å². The Balaban J connectivity index is 1.65. The third kappa shape index (κ3) is 3.58. The van der Waals surface area contributed by atoms with E-state index in [4.69, 9.17) is 5.11 Å². The van der Waals surface area contributed by atoms with Crippen molar-refractivity contribution in [3.63, 3.8) is 0 Å². The molecular weight excluding hydrogens is 392 g/mol. The van der Waals surface area contributed by atoms with Crippen LogP contribution in [0.15, 0.2) is 0 Å². The van der Waals surface area contributed by atoms with Crippen molar-refractivity contribution in [1.29, 1.82) is 0 Å². The topological polar surface area (TPSA) is 98.0 Å². The number of aliphatic hydroxyl groups excluding tert-OH is 3. The highest BCUT2D eigenvalue weighted by Gasteiger charge is 2.66. The number of rotatable bonds is 5. The van der Waals surface area contributed by atoms with Crippen LogP contribution >= 0.6 is 0 Å². The first kappa shape index (κ1) is 23.5. The number of hydrogen-bond acceptors (Lipinski definition) is 4. The highest BCUT2D eigenvalue weighted by molar-refractivity contribution is 5.66. The number of aliphatic hydroxyl groups is 3. The molecule has 0 aromatic heterocycles. The Bertz CT molecular complexity index is 681. The van der Waals surface area contributed by atoms with Gasteiger partial charge in [-0.2, -0.15) is 0 Å². The molecule has 4 saturated carbocycles. The number of carbonyl (C=O) groups is 1. The second-order valence-electron chi connectivity index (χ2n) is 12.2. The van der Waals surface area contributed by atoms with Gasteiger partial charge < -0.3 is 20.4 Å². The quantitative estimate of drug-likeness (QED) is 0.520. The summed E-state index contributed by atoms with van der Waals surface area (Å²) in [5.74, 6) is 1.01. The molecule has 4 aliphatic rings. The van der Waals surface area contributed by atoms with Gasteiger partial charge in [0.05, 0.1) is 18.3 Å². The fraction of sp³-hybridized carbons (Fsp3) is 0.962. The van der Waals surface area contributed by atoms with Gasteiger partial charge in [0.15, 0.2) is 0 Å². The van der Waals surface area contributed by atoms with Crippen molar-refractivity contribution in [2.45, 2.75) is 104 Å². The van der Waals surface area contributed by atoms with Crippen LogP contribution in [0.1, 0.15) is 85.5 Å². The van der Waals surface area contributed by atoms with Crippen molar-refractivity contribution in [2.24, 2.45) is 52.3 Å². The zero-order chi connectivity index (χ0) is 22.7. The first-order valence-corrected chi connectivity index (χ1v) is 12.8. The van der Waals surface area contributed by atoms with Gasteiger partial charge in [-0.3, -0.25) is 4.79 Å². The summed E-state index contributed by atoms with van der Waals surface area (Å²) in [6.45, 7) is 9.04. The maximum Gasteiger partial charge on any atom is 0.303 e. The van der Waals surface area contributed by atoms with Gasteiger partial charge >= 0.3 is 5.97 Å². The van der Waals surface area contributed by atoms with E-state index in [1.165, 1.54) is 0 Å². The Morgan fingerprint density at radius 2 is 1.68 bits per heavy atom. The predicted molar refractivity (Wildman–Crippen MR) is 119 cm³/mol. The van der Waals surface area contributed by atoms with Crippen LogP contribution in [0.2, 0.25) is 0 Å². The lowest BCUT2D eigenvalue weighted by molar-refractivity contribution is -0.203. The fourth-order valence-corrected chi connectivity index (χ4v) is 9.57. The summed E-state index contributed by atoms with van der Waals surface area (Å²) in [6.07, 6.45) is 6.23. The van der Waals surface area contributed by atoms with Crippen LogP contribution < -0.4 is 0 Å². The normalized spacial score (nSPS) is 52.7. The van der Waals surface area contributed by atoms with Crippen molar-refractivity contribution < 1.29 is 25.2 Å². The Kier molecular flexibility index (Phi) is 6.28. The van der Waals surface area contributed by atoms with Crippen LogP contribution in [0.3, 0.4) is 0 Å². The molecule has 4 unspecified atom stereocenters. The smallest absolute Gasteiger partial charge is 0.303 e. The lowest BCUT2D eigenvalue weighted by Gasteiger charge is -2.64. The summed E-state index contributed by atoms with van der Waals surface area (Å²) in [6, 6.07) is 0. The van der Waals surface area contributed by atoms with Crippen molar-refractivity contribution in [1.82, 2.24) is 0 Å². The first-order valence-electron chi connectivity index (χ1n) is 12.8. The van der Waals surface area contributed by atoms with Gasteiger partial charge in [0, 0.05) is 6.42 Å². The molecule has 5 nitrogen and oxygen atoms in total. The molecule has 0 radical (unpaired) electrons. The molecule has 4 fully saturated rings. The van der Waals surface area contributed by atoms with Gasteiger partial charge in [0.25, 0.3) is 0 Å². The van der Waals surface area contributed by atoms with Crippen LogP contribution in [-0.4, -0.2) is 44.7 Å². The van der Waals surface area contributed by atoms with E-state index in [1.54, 1.807) is 0 Å². The van der Waals surface area contributed by atoms with Crippen LogP contribution in [0.25, 0.3) is 0 Å². The molecule has 12 atom stereocenters. The van der Waals surface area contributed by atoms with E-state index in [1.807, 2.05) is 0 Å². The summed E-state index contributed by atoms with van der Waals surface area (Å²) in [7, 11) is 0. The van der Waals surface area contributed by atoms with E-state index in [2.05, 4.69) is 27.7 Å². The number of hydrogen-bond donors (Lipinski definition) is 4. The number of carboxylic acid groups (broad SMARTS) is 1. The highest BCUT2D eigenvalue weighted by atomic mass is 16.4. The molecule has 4 rings (SSSR count). The SMILES string of the molecule is CC[C@H]1C(O)C2C3C[C@H](O)[C@H]([C@H](C)CCC(=O)O)[C@@]3(C)CCC2[C@@]2(C)CC[C@@H](O)C[C@@H]12. The molecule has 0 bridgehead atoms. The van der Waals surface area contributed by atoms with Crippen LogP contribution in [0, 0.1) is 52.3 Å². The summed E-state index contributed by atoms with van der Waals surface area (Å²) in [5.41, 5.74) is 0.109. The minimum absolute atomic E-state index is 0.0465. The maximum atomic E-state index is 11.7. The summed E-state index contributed by atoms with van der Waals surface area (Å²) in [5, 5.41) is 42.5. The summed E-state index contributed by atoms with van der Waals surface area (Å²) in [4.78, 5) is 11.1. The molecule has 31 heavy (non-hydrogen) atoms. The number of aliphatic carboxylic acids is 1. The molecule has 4 N–H and O–H groups in total. The summed E-state index contributed by atoms with van der Waals surface area (Å²) < 4.78 is 0. The lowest BCUT2D eigenvalue weighted by Crippen LogP contribution is -2.62. The Morgan fingerprint density at radius 1 is 1.00 bits per heavy atom. The van der Waals surface area contributed by atoms with Crippen LogP contribution in [-0.2, 0) is 4.79 Å². The van der Waals surface area contributed by atoms with Gasteiger partial charge in [-0.25, -0.2) is 0 Å². The fourth-order valence-electron chi connectivity index (χ4n) is 9.57. The van der Waals surface area contributed by atoms with Gasteiger partial charge in [0.2, 0.25) is 0 Å². The Hall–Kier alpha value is -0.650. The monoisotopic (exact) mass is 436 g/mol. The molecule has 178 valence electrons. The Labute approximate surface area is 187 Å². The summed E-state index contributed by atoms with van der Waals surface area (Å²) >= 11 is 0. The molecule has 0 spiro atoms. The third-order valence-corrected chi connectivity index (χ3v) is 10.9.